The van der Waals surface area contributed by atoms with Crippen LogP contribution in [0, 0.1) is 10.1 Å². The number of hydrogen-bond acceptors (Lipinski definition) is 3. The number of nitro benzene ring substituents is 1. The summed E-state index contributed by atoms with van der Waals surface area (Å²) in [7, 11) is 0. The van der Waals surface area contributed by atoms with Gasteiger partial charge in [-0.15, -0.1) is 0 Å². The van der Waals surface area contributed by atoms with Crippen LogP contribution in [0.2, 0.25) is 0 Å². The molecule has 0 aliphatic rings. The molecule has 0 aliphatic carbocycles. The van der Waals surface area contributed by atoms with Gasteiger partial charge >= 0.3 is 0 Å². The highest BCUT2D eigenvalue weighted by Gasteiger charge is 2.12. The number of hydrogen-bond donors (Lipinski definition) is 0. The summed E-state index contributed by atoms with van der Waals surface area (Å²) in [6, 6.07) is 14.0. The maximum atomic E-state index is 10.7. The fourth-order valence-electron chi connectivity index (χ4n) is 1.70. The van der Waals surface area contributed by atoms with Crippen LogP contribution in [0.4, 0.5) is 5.69 Å². The lowest BCUT2D eigenvalue weighted by molar-refractivity contribution is -0.385. The summed E-state index contributed by atoms with van der Waals surface area (Å²) >= 11 is 3.37. The number of nitrogens with zero attached hydrogens (tertiary/aromatic N) is 1. The largest absolute Gasteiger partial charge is 0.486 e. The minimum absolute atomic E-state index is 0.0715. The Hall–Kier alpha value is -1.88. The minimum Gasteiger partial charge on any atom is -0.486 e. The van der Waals surface area contributed by atoms with Gasteiger partial charge in [-0.05, 0) is 30.7 Å². The van der Waals surface area contributed by atoms with E-state index in [1.165, 1.54) is 12.1 Å². The lowest BCUT2D eigenvalue weighted by Crippen LogP contribution is -2.03. The van der Waals surface area contributed by atoms with Crippen molar-refractivity contribution in [2.45, 2.75) is 13.0 Å². The van der Waals surface area contributed by atoms with Crippen LogP contribution in [0.3, 0.4) is 0 Å². The van der Waals surface area contributed by atoms with Crippen molar-refractivity contribution in [3.63, 3.8) is 0 Å². The molecule has 0 unspecified atom stereocenters. The number of ether oxygens (including phenoxy) is 1. The molecule has 0 spiro atoms. The maximum absolute atomic E-state index is 10.7. The molecular weight excluding hydrogens is 310 g/mol. The van der Waals surface area contributed by atoms with E-state index >= 15 is 0 Å². The predicted molar refractivity (Wildman–Crippen MR) is 76.3 cm³/mol. The first-order valence-corrected chi connectivity index (χ1v) is 6.52. The monoisotopic (exact) mass is 321 g/mol. The second-order valence-corrected chi connectivity index (χ2v) is 4.99. The maximum Gasteiger partial charge on any atom is 0.269 e. The third kappa shape index (κ3) is 3.54. The van der Waals surface area contributed by atoms with Gasteiger partial charge in [0.2, 0.25) is 0 Å². The van der Waals surface area contributed by atoms with E-state index in [9.17, 15) is 10.1 Å². The molecule has 2 aromatic rings. The molecule has 0 aliphatic heterocycles. The van der Waals surface area contributed by atoms with Crippen molar-refractivity contribution in [2.24, 2.45) is 0 Å². The van der Waals surface area contributed by atoms with Crippen LogP contribution >= 0.6 is 15.9 Å². The second-order valence-electron chi connectivity index (χ2n) is 4.07. The Morgan fingerprint density at radius 2 is 1.95 bits per heavy atom. The molecule has 98 valence electrons. The number of non-ortho nitro benzene ring substituents is 1. The molecule has 2 rings (SSSR count). The number of rotatable bonds is 4. The van der Waals surface area contributed by atoms with Gasteiger partial charge in [0.25, 0.3) is 5.69 Å². The number of nitro groups is 1. The Morgan fingerprint density at radius 1 is 1.21 bits per heavy atom. The standard InChI is InChI=1S/C14H12BrNO3/c1-10(19-14-7-3-5-12(15)9-14)11-4-2-6-13(8-11)16(17)18/h2-10H,1H3/t10-/m1/s1. The molecule has 0 saturated heterocycles. The summed E-state index contributed by atoms with van der Waals surface area (Å²) in [6.45, 7) is 1.86. The molecule has 2 aromatic carbocycles. The highest BCUT2D eigenvalue weighted by atomic mass is 79.9. The van der Waals surface area contributed by atoms with Crippen LogP contribution in [-0.4, -0.2) is 4.92 Å². The number of halogens is 1. The van der Waals surface area contributed by atoms with Gasteiger partial charge in [-0.3, -0.25) is 10.1 Å². The Bertz CT molecular complexity index is 601. The van der Waals surface area contributed by atoms with Crippen LogP contribution in [-0.2, 0) is 0 Å². The Kier molecular flexibility index (Phi) is 4.16. The molecule has 0 radical (unpaired) electrons. The second kappa shape index (κ2) is 5.84. The zero-order valence-electron chi connectivity index (χ0n) is 10.2. The molecule has 0 bridgehead atoms. The summed E-state index contributed by atoms with van der Waals surface area (Å²) in [5, 5.41) is 10.7. The van der Waals surface area contributed by atoms with Crippen LogP contribution < -0.4 is 4.74 Å². The minimum atomic E-state index is -0.407. The zero-order chi connectivity index (χ0) is 13.8. The normalized spacial score (nSPS) is 11.9. The molecule has 0 aromatic heterocycles. The van der Waals surface area contributed by atoms with Crippen molar-refractivity contribution in [3.8, 4) is 5.75 Å². The molecule has 5 heteroatoms. The van der Waals surface area contributed by atoms with E-state index in [0.29, 0.717) is 5.75 Å². The van der Waals surface area contributed by atoms with E-state index in [4.69, 9.17) is 4.74 Å². The van der Waals surface area contributed by atoms with Crippen molar-refractivity contribution < 1.29 is 9.66 Å². The zero-order valence-corrected chi connectivity index (χ0v) is 11.8. The van der Waals surface area contributed by atoms with Crippen LogP contribution in [0.5, 0.6) is 5.75 Å². The molecule has 19 heavy (non-hydrogen) atoms. The molecule has 4 nitrogen and oxygen atoms in total. The van der Waals surface area contributed by atoms with Crippen LogP contribution in [0.15, 0.2) is 53.0 Å². The highest BCUT2D eigenvalue weighted by molar-refractivity contribution is 9.10. The van der Waals surface area contributed by atoms with Crippen molar-refractivity contribution in [2.75, 3.05) is 0 Å². The van der Waals surface area contributed by atoms with Crippen LogP contribution in [0.1, 0.15) is 18.6 Å². The topological polar surface area (TPSA) is 52.4 Å². The Balaban J connectivity index is 2.18. The van der Waals surface area contributed by atoms with Crippen molar-refractivity contribution in [1.29, 1.82) is 0 Å². The van der Waals surface area contributed by atoms with E-state index in [1.807, 2.05) is 37.3 Å². The molecular formula is C14H12BrNO3. The highest BCUT2D eigenvalue weighted by Crippen LogP contribution is 2.26. The Labute approximate surface area is 119 Å². The first-order chi connectivity index (χ1) is 9.06. The van der Waals surface area contributed by atoms with Gasteiger partial charge in [-0.1, -0.05) is 34.1 Å². The van der Waals surface area contributed by atoms with E-state index in [-0.39, 0.29) is 11.8 Å². The Morgan fingerprint density at radius 3 is 2.63 bits per heavy atom. The van der Waals surface area contributed by atoms with E-state index < -0.39 is 4.92 Å². The van der Waals surface area contributed by atoms with Gasteiger partial charge in [0.05, 0.1) is 4.92 Å². The molecule has 0 saturated carbocycles. The summed E-state index contributed by atoms with van der Waals surface area (Å²) in [5.41, 5.74) is 0.844. The van der Waals surface area contributed by atoms with Gasteiger partial charge < -0.3 is 4.74 Å². The smallest absolute Gasteiger partial charge is 0.269 e. The SMILES string of the molecule is C[C@@H](Oc1cccc(Br)c1)c1cccc([N+](=O)[O-])c1. The fraction of sp³-hybridized carbons (Fsp3) is 0.143. The molecule has 0 amide bonds. The van der Waals surface area contributed by atoms with Gasteiger partial charge in [0.1, 0.15) is 11.9 Å². The van der Waals surface area contributed by atoms with Crippen molar-refractivity contribution in [1.82, 2.24) is 0 Å². The predicted octanol–water partition coefficient (Wildman–Crippen LogP) is 4.50. The third-order valence-corrected chi connectivity index (χ3v) is 3.15. The van der Waals surface area contributed by atoms with Crippen molar-refractivity contribution in [3.05, 3.63) is 68.7 Å². The first kappa shape index (κ1) is 13.5. The van der Waals surface area contributed by atoms with Gasteiger partial charge in [0.15, 0.2) is 0 Å². The fourth-order valence-corrected chi connectivity index (χ4v) is 2.08. The molecule has 1 atom stereocenters. The van der Waals surface area contributed by atoms with Gasteiger partial charge in [0, 0.05) is 16.6 Å². The van der Waals surface area contributed by atoms with E-state index in [1.54, 1.807) is 6.07 Å². The van der Waals surface area contributed by atoms with E-state index in [0.717, 1.165) is 10.0 Å². The van der Waals surface area contributed by atoms with Crippen LogP contribution in [0.25, 0.3) is 0 Å². The quantitative estimate of drug-likeness (QED) is 0.615. The van der Waals surface area contributed by atoms with Gasteiger partial charge in [-0.25, -0.2) is 0 Å². The lowest BCUT2D eigenvalue weighted by atomic mass is 10.1. The van der Waals surface area contributed by atoms with E-state index in [2.05, 4.69) is 15.9 Å². The average molecular weight is 322 g/mol. The third-order valence-electron chi connectivity index (χ3n) is 2.66. The summed E-state index contributed by atoms with van der Waals surface area (Å²) in [4.78, 5) is 10.3. The molecule has 0 heterocycles. The first-order valence-electron chi connectivity index (χ1n) is 5.73. The average Bonchev–Trinajstić information content (AvgIpc) is 2.39. The van der Waals surface area contributed by atoms with Gasteiger partial charge in [-0.2, -0.15) is 0 Å². The number of benzene rings is 2. The summed E-state index contributed by atoms with van der Waals surface area (Å²) in [5.74, 6) is 0.716. The molecule has 0 N–H and O–H groups in total. The van der Waals surface area contributed by atoms with Crippen molar-refractivity contribution >= 4 is 21.6 Å². The summed E-state index contributed by atoms with van der Waals surface area (Å²) < 4.78 is 6.69. The molecule has 0 fully saturated rings. The lowest BCUT2D eigenvalue weighted by Gasteiger charge is -2.15. The summed E-state index contributed by atoms with van der Waals surface area (Å²) in [6.07, 6.45) is -0.255.